The van der Waals surface area contributed by atoms with Crippen LogP contribution in [0.4, 0.5) is 0 Å². The molecule has 42 heavy (non-hydrogen) atoms. The van der Waals surface area contributed by atoms with Crippen molar-refractivity contribution in [2.75, 3.05) is 0 Å². The summed E-state index contributed by atoms with van der Waals surface area (Å²) in [6.07, 6.45) is 0. The first kappa shape index (κ1) is 27.8. The summed E-state index contributed by atoms with van der Waals surface area (Å²) in [5, 5.41) is 11.9. The molecule has 0 unspecified atom stereocenters. The number of fused-ring (bicyclic) bond motifs is 3. The Morgan fingerprint density at radius 3 is 2.29 bits per heavy atom. The molecule has 2 heterocycles. The largest absolute Gasteiger partial charge is 0.456 e. The molecule has 0 amide bonds. The summed E-state index contributed by atoms with van der Waals surface area (Å²) >= 11 is 0. The van der Waals surface area contributed by atoms with E-state index in [1.54, 1.807) is 0 Å². The molecule has 0 aliphatic carbocycles. The minimum absolute atomic E-state index is 0. The van der Waals surface area contributed by atoms with Crippen LogP contribution in [-0.4, -0.2) is 14.8 Å². The standard InChI is InChI=1S/C37H30N3O.Ir/c1-24-11-10-14-28(21-24)35-38-39-36(40(35)32-22-27(18-17-25(32)2)26-12-6-5-7-13-26)37(3,4)29-19-20-34-31(23-29)30-15-8-9-16-33(30)41-34;/h5-13,15-23H,1-4H3;/q-1;. The zero-order valence-corrected chi connectivity index (χ0v) is 26.4. The van der Waals surface area contributed by atoms with E-state index in [1.807, 2.05) is 24.3 Å². The molecular formula is C37H30IrN3O-. The van der Waals surface area contributed by atoms with Gasteiger partial charge in [0.1, 0.15) is 17.0 Å². The second-order valence-corrected chi connectivity index (χ2v) is 11.3. The summed E-state index contributed by atoms with van der Waals surface area (Å²) in [7, 11) is 0. The number of nitrogens with zero attached hydrogens (tertiary/aromatic N) is 3. The van der Waals surface area contributed by atoms with Gasteiger partial charge in [-0.15, -0.1) is 40.5 Å². The number of benzene rings is 5. The normalized spacial score (nSPS) is 11.6. The summed E-state index contributed by atoms with van der Waals surface area (Å²) in [6, 6.07) is 41.3. The number of rotatable bonds is 5. The van der Waals surface area contributed by atoms with E-state index >= 15 is 0 Å². The van der Waals surface area contributed by atoms with Gasteiger partial charge in [-0.2, -0.15) is 5.10 Å². The van der Waals surface area contributed by atoms with E-state index in [2.05, 4.69) is 123 Å². The van der Waals surface area contributed by atoms with Crippen molar-refractivity contribution in [1.82, 2.24) is 14.8 Å². The second kappa shape index (κ2) is 10.8. The first-order chi connectivity index (χ1) is 19.9. The Bertz CT molecular complexity index is 2050. The van der Waals surface area contributed by atoms with Crippen LogP contribution in [0.5, 0.6) is 0 Å². The summed E-state index contributed by atoms with van der Waals surface area (Å²) in [5.41, 5.74) is 9.03. The Kier molecular flexibility index (Phi) is 7.18. The number of hydrogen-bond donors (Lipinski definition) is 0. The molecule has 7 aromatic rings. The van der Waals surface area contributed by atoms with Crippen LogP contribution >= 0.6 is 0 Å². The Morgan fingerprint density at radius 1 is 0.714 bits per heavy atom. The fourth-order valence-corrected chi connectivity index (χ4v) is 5.71. The van der Waals surface area contributed by atoms with Crippen LogP contribution in [0.15, 0.2) is 114 Å². The number of hydrogen-bond acceptors (Lipinski definition) is 3. The van der Waals surface area contributed by atoms with E-state index in [0.717, 1.165) is 67.1 Å². The van der Waals surface area contributed by atoms with Crippen molar-refractivity contribution in [1.29, 1.82) is 0 Å². The predicted molar refractivity (Wildman–Crippen MR) is 166 cm³/mol. The van der Waals surface area contributed by atoms with E-state index in [4.69, 9.17) is 14.6 Å². The van der Waals surface area contributed by atoms with Crippen LogP contribution in [0.2, 0.25) is 0 Å². The molecule has 0 N–H and O–H groups in total. The van der Waals surface area contributed by atoms with Gasteiger partial charge in [-0.1, -0.05) is 73.7 Å². The molecule has 209 valence electrons. The average molecular weight is 725 g/mol. The zero-order valence-electron chi connectivity index (χ0n) is 24.0. The van der Waals surface area contributed by atoms with Crippen LogP contribution in [0.3, 0.4) is 0 Å². The van der Waals surface area contributed by atoms with Crippen molar-refractivity contribution in [3.05, 3.63) is 138 Å². The molecule has 2 aromatic heterocycles. The monoisotopic (exact) mass is 725 g/mol. The summed E-state index contributed by atoms with van der Waals surface area (Å²) in [4.78, 5) is 0. The van der Waals surface area contributed by atoms with Gasteiger partial charge in [0.2, 0.25) is 0 Å². The van der Waals surface area contributed by atoms with Gasteiger partial charge in [-0.05, 0) is 67.3 Å². The minimum atomic E-state index is -0.475. The third-order valence-corrected chi connectivity index (χ3v) is 8.08. The molecule has 0 aliphatic rings. The first-order valence-electron chi connectivity index (χ1n) is 13.9. The van der Waals surface area contributed by atoms with E-state index in [-0.39, 0.29) is 20.1 Å². The molecule has 7 rings (SSSR count). The van der Waals surface area contributed by atoms with Gasteiger partial charge < -0.3 is 8.98 Å². The zero-order chi connectivity index (χ0) is 28.1. The van der Waals surface area contributed by atoms with Gasteiger partial charge in [0.05, 0.1) is 5.82 Å². The van der Waals surface area contributed by atoms with Crippen molar-refractivity contribution in [3.8, 4) is 28.2 Å². The maximum absolute atomic E-state index is 6.13. The van der Waals surface area contributed by atoms with Gasteiger partial charge >= 0.3 is 0 Å². The van der Waals surface area contributed by atoms with Crippen molar-refractivity contribution >= 4 is 21.9 Å². The maximum Gasteiger partial charge on any atom is 0.138 e. The number of para-hydroxylation sites is 1. The third-order valence-electron chi connectivity index (χ3n) is 8.08. The van der Waals surface area contributed by atoms with E-state index in [9.17, 15) is 0 Å². The molecule has 0 spiro atoms. The molecule has 1 radical (unpaired) electrons. The van der Waals surface area contributed by atoms with Gasteiger partial charge in [0.15, 0.2) is 0 Å². The van der Waals surface area contributed by atoms with Crippen molar-refractivity contribution in [2.45, 2.75) is 33.1 Å². The molecule has 0 atom stereocenters. The number of aromatic nitrogens is 3. The Hall–Kier alpha value is -4.31. The summed E-state index contributed by atoms with van der Waals surface area (Å²) in [6.45, 7) is 8.68. The van der Waals surface area contributed by atoms with Crippen LogP contribution in [0.25, 0.3) is 50.1 Å². The predicted octanol–water partition coefficient (Wildman–Crippen LogP) is 9.24. The summed E-state index contributed by atoms with van der Waals surface area (Å²) in [5.74, 6) is 1.64. The van der Waals surface area contributed by atoms with Crippen LogP contribution in [-0.2, 0) is 25.5 Å². The third kappa shape index (κ3) is 4.69. The van der Waals surface area contributed by atoms with Gasteiger partial charge in [-0.25, -0.2) is 0 Å². The number of aryl methyl sites for hydroxylation is 2. The smallest absolute Gasteiger partial charge is 0.138 e. The van der Waals surface area contributed by atoms with E-state index in [1.165, 1.54) is 5.56 Å². The molecule has 0 saturated heterocycles. The topological polar surface area (TPSA) is 43.9 Å². The second-order valence-electron chi connectivity index (χ2n) is 11.3. The van der Waals surface area contributed by atoms with Gasteiger partial charge in [0, 0.05) is 42.0 Å². The molecule has 0 saturated carbocycles. The molecule has 5 heteroatoms. The quantitative estimate of drug-likeness (QED) is 0.166. The maximum atomic E-state index is 6.13. The Balaban J connectivity index is 0.00000316. The first-order valence-corrected chi connectivity index (χ1v) is 13.9. The van der Waals surface area contributed by atoms with E-state index in [0.29, 0.717) is 0 Å². The van der Waals surface area contributed by atoms with Crippen LogP contribution < -0.4 is 0 Å². The van der Waals surface area contributed by atoms with Crippen molar-refractivity contribution in [3.63, 3.8) is 0 Å². The molecular weight excluding hydrogens is 695 g/mol. The molecule has 0 aliphatic heterocycles. The molecule has 5 aromatic carbocycles. The average Bonchev–Trinajstić information content (AvgIpc) is 3.60. The van der Waals surface area contributed by atoms with Gasteiger partial charge in [0.25, 0.3) is 0 Å². The molecule has 0 bridgehead atoms. The Labute approximate surface area is 259 Å². The van der Waals surface area contributed by atoms with Crippen molar-refractivity contribution < 1.29 is 24.5 Å². The fourth-order valence-electron chi connectivity index (χ4n) is 5.71. The SMILES string of the molecule is Cc1cc[c-]c(-c2nnc(C(C)(C)c3ccc4oc5ccccc5c4c3)n2-c2cc(-c3ccccc3)ccc2C)c1.[Ir]. The summed E-state index contributed by atoms with van der Waals surface area (Å²) < 4.78 is 8.35. The van der Waals surface area contributed by atoms with Crippen molar-refractivity contribution in [2.24, 2.45) is 0 Å². The van der Waals surface area contributed by atoms with Crippen LogP contribution in [0, 0.1) is 19.9 Å². The minimum Gasteiger partial charge on any atom is -0.456 e. The van der Waals surface area contributed by atoms with Crippen LogP contribution in [0.1, 0.15) is 36.4 Å². The fraction of sp³-hybridized carbons (Fsp3) is 0.135. The molecule has 0 fully saturated rings. The Morgan fingerprint density at radius 2 is 1.48 bits per heavy atom. The van der Waals surface area contributed by atoms with E-state index < -0.39 is 5.41 Å². The molecule has 4 nitrogen and oxygen atoms in total. The number of furan rings is 1. The van der Waals surface area contributed by atoms with Gasteiger partial charge in [-0.3, -0.25) is 0 Å².